The predicted octanol–water partition coefficient (Wildman–Crippen LogP) is 2.10. The number of nitrogens with zero attached hydrogens (tertiary/aromatic N) is 4. The molecule has 122 valence electrons. The van der Waals surface area contributed by atoms with E-state index < -0.39 is 5.60 Å². The molecule has 0 spiro atoms. The molecule has 0 saturated carbocycles. The summed E-state index contributed by atoms with van der Waals surface area (Å²) in [7, 11) is 0. The number of carbonyl (C=O) groups is 2. The minimum atomic E-state index is -0.535. The molecule has 0 atom stereocenters. The molecule has 0 aliphatic carbocycles. The first-order chi connectivity index (χ1) is 10.9. The molecule has 1 aliphatic heterocycles. The van der Waals surface area contributed by atoms with Crippen LogP contribution in [0.5, 0.6) is 0 Å². The molecule has 3 rings (SSSR count). The van der Waals surface area contributed by atoms with Crippen LogP contribution in [0.1, 0.15) is 37.2 Å². The van der Waals surface area contributed by atoms with E-state index >= 15 is 0 Å². The van der Waals surface area contributed by atoms with Crippen LogP contribution >= 0.6 is 0 Å². The average Bonchev–Trinajstić information content (AvgIpc) is 3.10. The van der Waals surface area contributed by atoms with Crippen LogP contribution in [0.4, 0.5) is 4.79 Å². The Morgan fingerprint density at radius 2 is 2.09 bits per heavy atom. The lowest BCUT2D eigenvalue weighted by Crippen LogP contribution is -2.41. The molecule has 0 radical (unpaired) electrons. The molecule has 0 aromatic carbocycles. The summed E-state index contributed by atoms with van der Waals surface area (Å²) in [6, 6.07) is 3.26. The van der Waals surface area contributed by atoms with Crippen LogP contribution in [0.25, 0.3) is 11.6 Å². The standard InChI is InChI=1S/C15H18N4O4/c1-15(2,3)23-14(21)18-6-7-19-12(8-18)16-17-13(19)11-5-4-10(9-20)22-11/h4-5,9H,6-8H2,1-3H3. The molecular weight excluding hydrogens is 300 g/mol. The summed E-state index contributed by atoms with van der Waals surface area (Å²) in [6.45, 7) is 6.84. The van der Waals surface area contributed by atoms with E-state index in [0.29, 0.717) is 43.3 Å². The van der Waals surface area contributed by atoms with Gasteiger partial charge in [0.05, 0.1) is 6.54 Å². The van der Waals surface area contributed by atoms with E-state index in [1.807, 2.05) is 25.3 Å². The number of carbonyl (C=O) groups excluding carboxylic acids is 2. The lowest BCUT2D eigenvalue weighted by molar-refractivity contribution is 0.0195. The number of hydrogen-bond acceptors (Lipinski definition) is 6. The first-order valence-electron chi connectivity index (χ1n) is 7.33. The summed E-state index contributed by atoms with van der Waals surface area (Å²) < 4.78 is 12.6. The molecule has 0 fully saturated rings. The van der Waals surface area contributed by atoms with Crippen LogP contribution in [-0.4, -0.2) is 44.2 Å². The van der Waals surface area contributed by atoms with E-state index in [2.05, 4.69) is 10.2 Å². The van der Waals surface area contributed by atoms with Crippen molar-refractivity contribution in [3.63, 3.8) is 0 Å². The third kappa shape index (κ3) is 3.10. The highest BCUT2D eigenvalue weighted by Gasteiger charge is 2.29. The van der Waals surface area contributed by atoms with Crippen molar-refractivity contribution in [1.82, 2.24) is 19.7 Å². The third-order valence-corrected chi connectivity index (χ3v) is 3.37. The molecule has 23 heavy (non-hydrogen) atoms. The van der Waals surface area contributed by atoms with Gasteiger partial charge in [-0.15, -0.1) is 10.2 Å². The van der Waals surface area contributed by atoms with Crippen molar-refractivity contribution in [1.29, 1.82) is 0 Å². The van der Waals surface area contributed by atoms with Crippen LogP contribution in [0.2, 0.25) is 0 Å². The maximum absolute atomic E-state index is 12.1. The zero-order valence-electron chi connectivity index (χ0n) is 13.3. The van der Waals surface area contributed by atoms with Crippen LogP contribution in [0.3, 0.4) is 0 Å². The fourth-order valence-electron chi connectivity index (χ4n) is 2.36. The molecule has 8 heteroatoms. The molecule has 0 bridgehead atoms. The molecule has 1 aliphatic rings. The number of hydrogen-bond donors (Lipinski definition) is 0. The fraction of sp³-hybridized carbons (Fsp3) is 0.467. The van der Waals surface area contributed by atoms with Gasteiger partial charge in [-0.1, -0.05) is 0 Å². The summed E-state index contributed by atoms with van der Waals surface area (Å²) in [5.41, 5.74) is -0.535. The number of furan rings is 1. The number of aromatic nitrogens is 3. The van der Waals surface area contributed by atoms with E-state index in [1.165, 1.54) is 0 Å². The highest BCUT2D eigenvalue weighted by Crippen LogP contribution is 2.24. The lowest BCUT2D eigenvalue weighted by atomic mass is 10.2. The van der Waals surface area contributed by atoms with Crippen molar-refractivity contribution in [3.8, 4) is 11.6 Å². The smallest absolute Gasteiger partial charge is 0.410 e. The largest absolute Gasteiger partial charge is 0.450 e. The van der Waals surface area contributed by atoms with Gasteiger partial charge in [0.15, 0.2) is 29.5 Å². The molecule has 2 aromatic heterocycles. The molecule has 0 saturated heterocycles. The summed E-state index contributed by atoms with van der Waals surface area (Å²) in [6.07, 6.45) is 0.274. The molecule has 0 N–H and O–H groups in total. The van der Waals surface area contributed by atoms with Crippen LogP contribution in [0, 0.1) is 0 Å². The third-order valence-electron chi connectivity index (χ3n) is 3.37. The Morgan fingerprint density at radius 1 is 1.30 bits per heavy atom. The Hall–Kier alpha value is -2.64. The van der Waals surface area contributed by atoms with E-state index in [4.69, 9.17) is 9.15 Å². The maximum Gasteiger partial charge on any atom is 0.410 e. The van der Waals surface area contributed by atoms with E-state index in [-0.39, 0.29) is 11.9 Å². The average molecular weight is 318 g/mol. The van der Waals surface area contributed by atoms with Crippen LogP contribution in [0.15, 0.2) is 16.5 Å². The Balaban J connectivity index is 1.78. The van der Waals surface area contributed by atoms with Gasteiger partial charge >= 0.3 is 6.09 Å². The van der Waals surface area contributed by atoms with Gasteiger partial charge < -0.3 is 13.7 Å². The van der Waals surface area contributed by atoms with E-state index in [9.17, 15) is 9.59 Å². The molecule has 8 nitrogen and oxygen atoms in total. The minimum absolute atomic E-state index is 0.239. The van der Waals surface area contributed by atoms with Crippen LogP contribution in [-0.2, 0) is 17.8 Å². The second kappa shape index (κ2) is 5.53. The molecular formula is C15H18N4O4. The van der Waals surface area contributed by atoms with Crippen molar-refractivity contribution in [2.24, 2.45) is 0 Å². The van der Waals surface area contributed by atoms with E-state index in [1.54, 1.807) is 17.0 Å². The van der Waals surface area contributed by atoms with Crippen molar-refractivity contribution in [3.05, 3.63) is 23.7 Å². The highest BCUT2D eigenvalue weighted by atomic mass is 16.6. The SMILES string of the molecule is CC(C)(C)OC(=O)N1CCn2c(nnc2-c2ccc(C=O)o2)C1. The van der Waals surface area contributed by atoms with Gasteiger partial charge in [-0.3, -0.25) is 9.69 Å². The fourth-order valence-corrected chi connectivity index (χ4v) is 2.36. The summed E-state index contributed by atoms with van der Waals surface area (Å²) in [5.74, 6) is 1.93. The Kier molecular flexibility index (Phi) is 3.67. The second-order valence-corrected chi connectivity index (χ2v) is 6.31. The highest BCUT2D eigenvalue weighted by molar-refractivity contribution is 5.72. The summed E-state index contributed by atoms with van der Waals surface area (Å²) >= 11 is 0. The topological polar surface area (TPSA) is 90.5 Å². The Morgan fingerprint density at radius 3 is 2.74 bits per heavy atom. The zero-order valence-corrected chi connectivity index (χ0v) is 13.3. The van der Waals surface area contributed by atoms with Gasteiger partial charge in [0.2, 0.25) is 0 Å². The van der Waals surface area contributed by atoms with Gasteiger partial charge in [0.1, 0.15) is 5.60 Å². The second-order valence-electron chi connectivity index (χ2n) is 6.31. The Bertz CT molecular complexity index is 741. The van der Waals surface area contributed by atoms with Crippen molar-refractivity contribution in [2.45, 2.75) is 39.5 Å². The monoisotopic (exact) mass is 318 g/mol. The zero-order chi connectivity index (χ0) is 16.6. The number of fused-ring (bicyclic) bond motifs is 1. The maximum atomic E-state index is 12.1. The van der Waals surface area contributed by atoms with Crippen molar-refractivity contribution >= 4 is 12.4 Å². The minimum Gasteiger partial charge on any atom is -0.450 e. The normalized spacial score (nSPS) is 14.5. The quantitative estimate of drug-likeness (QED) is 0.788. The molecule has 1 amide bonds. The van der Waals surface area contributed by atoms with Gasteiger partial charge in [-0.05, 0) is 32.9 Å². The van der Waals surface area contributed by atoms with Gasteiger partial charge in [-0.2, -0.15) is 0 Å². The number of ether oxygens (including phenoxy) is 1. The first kappa shape index (κ1) is 15.3. The van der Waals surface area contributed by atoms with Crippen molar-refractivity contribution < 1.29 is 18.7 Å². The lowest BCUT2D eigenvalue weighted by Gasteiger charge is -2.30. The van der Waals surface area contributed by atoms with E-state index in [0.717, 1.165) is 0 Å². The summed E-state index contributed by atoms with van der Waals surface area (Å²) in [5, 5.41) is 8.22. The summed E-state index contributed by atoms with van der Waals surface area (Å²) in [4.78, 5) is 24.4. The number of rotatable bonds is 2. The molecule has 3 heterocycles. The van der Waals surface area contributed by atoms with Gasteiger partial charge in [-0.25, -0.2) is 4.79 Å². The van der Waals surface area contributed by atoms with Crippen LogP contribution < -0.4 is 0 Å². The molecule has 2 aromatic rings. The number of aldehydes is 1. The number of amides is 1. The predicted molar refractivity (Wildman–Crippen MR) is 79.8 cm³/mol. The first-order valence-corrected chi connectivity index (χ1v) is 7.33. The van der Waals surface area contributed by atoms with Gasteiger partial charge in [0.25, 0.3) is 0 Å². The van der Waals surface area contributed by atoms with Crippen molar-refractivity contribution in [2.75, 3.05) is 6.54 Å². The molecule has 0 unspecified atom stereocenters. The van der Waals surface area contributed by atoms with Gasteiger partial charge in [0, 0.05) is 13.1 Å². The Labute approximate surface area is 133 Å².